The molecule has 16 heteroatoms. The van der Waals surface area contributed by atoms with Gasteiger partial charge in [-0.05, 0) is 96.5 Å². The Morgan fingerprint density at radius 3 is 1.70 bits per heavy atom. The van der Waals surface area contributed by atoms with Crippen LogP contribution in [-0.4, -0.2) is 122 Å². The summed E-state index contributed by atoms with van der Waals surface area (Å²) in [5.74, 6) is 0.879. The largest absolute Gasteiger partial charge is 0.497 e. The van der Waals surface area contributed by atoms with Gasteiger partial charge < -0.3 is 38.2 Å². The molecule has 0 aliphatic carbocycles. The van der Waals surface area contributed by atoms with Crippen molar-refractivity contribution in [2.45, 2.75) is 59.9 Å². The van der Waals surface area contributed by atoms with Crippen LogP contribution in [0.2, 0.25) is 0 Å². The smallest absolute Gasteiger partial charge is 0.357 e. The molecule has 0 amide bonds. The highest BCUT2D eigenvalue weighted by Gasteiger charge is 2.25. The van der Waals surface area contributed by atoms with E-state index in [1.54, 1.807) is 28.1 Å². The van der Waals surface area contributed by atoms with Gasteiger partial charge in [0.15, 0.2) is 22.7 Å². The molecule has 0 spiro atoms. The number of benzene rings is 3. The molecular weight excluding hydrogens is 877 g/mol. The van der Waals surface area contributed by atoms with Crippen molar-refractivity contribution >= 4 is 45.4 Å². The molecule has 2 aliphatic rings. The third-order valence-electron chi connectivity index (χ3n) is 12.3. The summed E-state index contributed by atoms with van der Waals surface area (Å²) in [4.78, 5) is 39.1. The molecule has 7 aromatic rings. The van der Waals surface area contributed by atoms with Crippen molar-refractivity contribution in [3.05, 3.63) is 107 Å². The summed E-state index contributed by atoms with van der Waals surface area (Å²) in [6.45, 7) is 19.5. The number of hydrogen-bond donors (Lipinski definition) is 1. The van der Waals surface area contributed by atoms with Crippen LogP contribution in [0.1, 0.15) is 91.3 Å². The number of morpholine rings is 2. The first-order valence-electron chi connectivity index (χ1n) is 23.7. The molecule has 6 heterocycles. The molecule has 0 radical (unpaired) electrons. The van der Waals surface area contributed by atoms with Gasteiger partial charge in [-0.15, -0.1) is 0 Å². The van der Waals surface area contributed by atoms with Gasteiger partial charge in [-0.2, -0.15) is 10.2 Å². The molecule has 2 fully saturated rings. The SMILES string of the molecule is CCOC(=O)c1cc(-c2ccc(N3CCOCC3)cc2)c2c(C(C)C)[nH]nc2n1.CCOC(=O)c1cc(-c2ccc(N3CCOCC3)cc2)c2c(C(C)C)nn(Cc3ccc(OC)cc3OC)c2n1. The zero-order chi connectivity index (χ0) is 48.6. The van der Waals surface area contributed by atoms with Crippen molar-refractivity contribution in [1.29, 1.82) is 0 Å². The van der Waals surface area contributed by atoms with Gasteiger partial charge >= 0.3 is 11.9 Å². The molecule has 0 saturated carbocycles. The lowest BCUT2D eigenvalue weighted by Gasteiger charge is -2.29. The van der Waals surface area contributed by atoms with E-state index in [0.29, 0.717) is 35.9 Å². The van der Waals surface area contributed by atoms with Crippen LogP contribution in [0.4, 0.5) is 11.4 Å². The minimum absolute atomic E-state index is 0.128. The van der Waals surface area contributed by atoms with Crippen LogP contribution in [0.3, 0.4) is 0 Å². The predicted octanol–water partition coefficient (Wildman–Crippen LogP) is 9.06. The minimum Gasteiger partial charge on any atom is -0.497 e. The lowest BCUT2D eigenvalue weighted by Crippen LogP contribution is -2.36. The summed E-state index contributed by atoms with van der Waals surface area (Å²) >= 11 is 0. The number of esters is 2. The van der Waals surface area contributed by atoms with E-state index in [-0.39, 0.29) is 29.8 Å². The molecule has 2 saturated heterocycles. The molecular formula is C53H62N8O8. The quantitative estimate of drug-likeness (QED) is 0.103. The maximum atomic E-state index is 12.9. The average Bonchev–Trinajstić information content (AvgIpc) is 3.99. The van der Waals surface area contributed by atoms with Crippen molar-refractivity contribution in [2.75, 3.05) is 89.8 Å². The fourth-order valence-electron chi connectivity index (χ4n) is 8.74. The molecule has 4 aromatic heterocycles. The van der Waals surface area contributed by atoms with Gasteiger partial charge in [-0.25, -0.2) is 24.2 Å². The van der Waals surface area contributed by atoms with Gasteiger partial charge in [-0.3, -0.25) is 5.10 Å². The van der Waals surface area contributed by atoms with Crippen molar-refractivity contribution < 1.29 is 38.0 Å². The summed E-state index contributed by atoms with van der Waals surface area (Å²) in [7, 11) is 3.26. The van der Waals surface area contributed by atoms with Crippen LogP contribution in [-0.2, 0) is 25.5 Å². The van der Waals surface area contributed by atoms with Crippen LogP contribution in [0, 0.1) is 0 Å². The molecule has 9 rings (SSSR count). The number of fused-ring (bicyclic) bond motifs is 2. The van der Waals surface area contributed by atoms with Gasteiger partial charge in [0, 0.05) is 54.9 Å². The first-order chi connectivity index (χ1) is 33.5. The first kappa shape index (κ1) is 48.4. The number of rotatable bonds is 14. The van der Waals surface area contributed by atoms with Crippen molar-refractivity contribution in [2.24, 2.45) is 0 Å². The maximum absolute atomic E-state index is 12.9. The fraction of sp³-hybridized carbons (Fsp3) is 0.396. The summed E-state index contributed by atoms with van der Waals surface area (Å²) in [6.07, 6.45) is 0. The summed E-state index contributed by atoms with van der Waals surface area (Å²) in [5.41, 5.74) is 10.7. The minimum atomic E-state index is -0.462. The first-order valence-corrected chi connectivity index (χ1v) is 23.7. The number of methoxy groups -OCH3 is 2. The Hall–Kier alpha value is -7.04. The number of aromatic nitrogens is 6. The Labute approximate surface area is 402 Å². The molecule has 16 nitrogen and oxygen atoms in total. The standard InChI is InChI=1S/C31H36N4O5.C22H26N4O3/c1-6-40-31(36)26-18-25(21-7-10-23(11-8-21)34-13-15-39-16-14-34)28-29(20(2)3)33-35(30(28)32-26)19-22-9-12-24(37-4)17-27(22)38-5;1-4-29-22(27)18-13-17(19-20(14(2)3)24-25-21(19)23-18)15-5-7-16(8-6-15)26-9-11-28-12-10-26/h7-12,17-18,20H,6,13-16,19H2,1-5H3;5-8,13-14H,4,9-12H2,1-3H3,(H,23,24,25). The number of hydrogen-bond acceptors (Lipinski definition) is 14. The Morgan fingerprint density at radius 2 is 1.20 bits per heavy atom. The van der Waals surface area contributed by atoms with Gasteiger partial charge in [0.1, 0.15) is 11.5 Å². The van der Waals surface area contributed by atoms with E-state index in [0.717, 1.165) is 108 Å². The van der Waals surface area contributed by atoms with Gasteiger partial charge in [0.2, 0.25) is 0 Å². The zero-order valence-electron chi connectivity index (χ0n) is 40.8. The predicted molar refractivity (Wildman–Crippen MR) is 267 cm³/mol. The molecule has 0 unspecified atom stereocenters. The lowest BCUT2D eigenvalue weighted by molar-refractivity contribution is 0.0510. The van der Waals surface area contributed by atoms with Crippen molar-refractivity contribution in [1.82, 2.24) is 29.9 Å². The Balaban J connectivity index is 0.000000196. The second kappa shape index (κ2) is 21.9. The highest BCUT2D eigenvalue weighted by atomic mass is 16.5. The van der Waals surface area contributed by atoms with Crippen LogP contribution < -0.4 is 19.3 Å². The number of nitrogens with zero attached hydrogens (tertiary/aromatic N) is 7. The molecule has 3 aromatic carbocycles. The molecule has 362 valence electrons. The Morgan fingerprint density at radius 1 is 0.667 bits per heavy atom. The zero-order valence-corrected chi connectivity index (χ0v) is 40.8. The van der Waals surface area contributed by atoms with E-state index in [2.05, 4.69) is 101 Å². The van der Waals surface area contributed by atoms with Crippen molar-refractivity contribution in [3.63, 3.8) is 0 Å². The van der Waals surface area contributed by atoms with E-state index >= 15 is 0 Å². The summed E-state index contributed by atoms with van der Waals surface area (Å²) < 4.78 is 34.3. The number of anilines is 2. The van der Waals surface area contributed by atoms with E-state index < -0.39 is 11.9 Å². The average molecular weight is 939 g/mol. The number of ether oxygens (including phenoxy) is 6. The summed E-state index contributed by atoms with van der Waals surface area (Å²) in [5, 5.41) is 14.3. The second-order valence-electron chi connectivity index (χ2n) is 17.4. The fourth-order valence-corrected chi connectivity index (χ4v) is 8.74. The molecule has 0 atom stereocenters. The van der Waals surface area contributed by atoms with Crippen LogP contribution in [0.15, 0.2) is 78.9 Å². The number of pyridine rings is 2. The van der Waals surface area contributed by atoms with Gasteiger partial charge in [0.05, 0.1) is 76.9 Å². The van der Waals surface area contributed by atoms with Gasteiger partial charge in [-0.1, -0.05) is 52.0 Å². The molecule has 0 bridgehead atoms. The van der Waals surface area contributed by atoms with Crippen LogP contribution >= 0.6 is 0 Å². The number of nitrogens with one attached hydrogen (secondary N) is 1. The Bertz CT molecular complexity index is 2880. The Kier molecular flexibility index (Phi) is 15.4. The summed E-state index contributed by atoms with van der Waals surface area (Å²) in [6, 6.07) is 26.2. The molecule has 69 heavy (non-hydrogen) atoms. The van der Waals surface area contributed by atoms with E-state index in [1.807, 2.05) is 35.0 Å². The monoisotopic (exact) mass is 938 g/mol. The number of carbonyl (C=O) groups is 2. The topological polar surface area (TPSA) is 168 Å². The number of aromatic amines is 1. The highest BCUT2D eigenvalue weighted by Crippen LogP contribution is 2.38. The normalized spacial score (nSPS) is 14.0. The second-order valence-corrected chi connectivity index (χ2v) is 17.4. The maximum Gasteiger partial charge on any atom is 0.357 e. The molecule has 1 N–H and O–H groups in total. The van der Waals surface area contributed by atoms with Crippen LogP contribution in [0.5, 0.6) is 11.5 Å². The molecule has 2 aliphatic heterocycles. The number of H-pyrrole nitrogens is 1. The van der Waals surface area contributed by atoms with Crippen LogP contribution in [0.25, 0.3) is 44.3 Å². The third kappa shape index (κ3) is 10.7. The van der Waals surface area contributed by atoms with Crippen molar-refractivity contribution in [3.8, 4) is 33.8 Å². The van der Waals surface area contributed by atoms with E-state index in [9.17, 15) is 9.59 Å². The van der Waals surface area contributed by atoms with E-state index in [1.165, 1.54) is 5.69 Å². The highest BCUT2D eigenvalue weighted by molar-refractivity contribution is 6.01. The lowest BCUT2D eigenvalue weighted by atomic mass is 9.97. The number of carbonyl (C=O) groups excluding carboxylic acids is 2. The third-order valence-corrected chi connectivity index (χ3v) is 12.3. The van der Waals surface area contributed by atoms with E-state index in [4.69, 9.17) is 38.5 Å². The van der Waals surface area contributed by atoms with Gasteiger partial charge in [0.25, 0.3) is 0 Å².